The Hall–Kier alpha value is -3.29. The summed E-state index contributed by atoms with van der Waals surface area (Å²) in [6, 6.07) is 22.2. The second-order valence-electron chi connectivity index (χ2n) is 7.02. The van der Waals surface area contributed by atoms with E-state index in [9.17, 15) is 8.42 Å². The van der Waals surface area contributed by atoms with E-state index in [1.54, 1.807) is 25.1 Å². The van der Waals surface area contributed by atoms with Crippen molar-refractivity contribution in [1.82, 2.24) is 14.9 Å². The molecule has 152 valence electrons. The van der Waals surface area contributed by atoms with Gasteiger partial charge >= 0.3 is 0 Å². The molecule has 1 N–H and O–H groups in total. The SMILES string of the molecule is Cc1ccccc1-c1nnc(-c2ccc(C)c(S(=O)(=O)NCc3ccccc3)c2)o1. The van der Waals surface area contributed by atoms with E-state index in [0.29, 0.717) is 17.0 Å². The fourth-order valence-electron chi connectivity index (χ4n) is 3.14. The van der Waals surface area contributed by atoms with Crippen LogP contribution in [0.15, 0.2) is 82.1 Å². The summed E-state index contributed by atoms with van der Waals surface area (Å²) >= 11 is 0. The van der Waals surface area contributed by atoms with Crippen molar-refractivity contribution < 1.29 is 12.8 Å². The van der Waals surface area contributed by atoms with E-state index in [1.165, 1.54) is 0 Å². The summed E-state index contributed by atoms with van der Waals surface area (Å²) in [6.07, 6.45) is 0. The molecule has 1 heterocycles. The van der Waals surface area contributed by atoms with Crippen LogP contribution in [0.4, 0.5) is 0 Å². The minimum atomic E-state index is -3.71. The van der Waals surface area contributed by atoms with Crippen LogP contribution in [0, 0.1) is 13.8 Å². The van der Waals surface area contributed by atoms with E-state index in [4.69, 9.17) is 4.42 Å². The second-order valence-corrected chi connectivity index (χ2v) is 8.75. The minimum Gasteiger partial charge on any atom is -0.416 e. The molecule has 3 aromatic carbocycles. The average molecular weight is 420 g/mol. The Bertz CT molecular complexity index is 1280. The highest BCUT2D eigenvalue weighted by atomic mass is 32.2. The highest BCUT2D eigenvalue weighted by Crippen LogP contribution is 2.28. The molecule has 0 aliphatic heterocycles. The molecule has 30 heavy (non-hydrogen) atoms. The molecule has 0 aliphatic carbocycles. The molecule has 7 heteroatoms. The summed E-state index contributed by atoms with van der Waals surface area (Å²) in [4.78, 5) is 0.187. The topological polar surface area (TPSA) is 85.1 Å². The minimum absolute atomic E-state index is 0.187. The Morgan fingerprint density at radius 3 is 2.30 bits per heavy atom. The van der Waals surface area contributed by atoms with Gasteiger partial charge in [0.05, 0.1) is 4.90 Å². The van der Waals surface area contributed by atoms with Crippen LogP contribution in [-0.2, 0) is 16.6 Å². The number of rotatable bonds is 6. The first-order valence-corrected chi connectivity index (χ1v) is 11.0. The number of nitrogens with zero attached hydrogens (tertiary/aromatic N) is 2. The molecule has 0 aliphatic rings. The van der Waals surface area contributed by atoms with E-state index in [2.05, 4.69) is 14.9 Å². The summed E-state index contributed by atoms with van der Waals surface area (Å²) in [7, 11) is -3.71. The zero-order valence-electron chi connectivity index (χ0n) is 16.7. The maximum Gasteiger partial charge on any atom is 0.248 e. The molecular weight excluding hydrogens is 398 g/mol. The van der Waals surface area contributed by atoms with E-state index in [-0.39, 0.29) is 17.3 Å². The van der Waals surface area contributed by atoms with Crippen molar-refractivity contribution in [2.24, 2.45) is 0 Å². The van der Waals surface area contributed by atoms with Crippen LogP contribution < -0.4 is 4.72 Å². The summed E-state index contributed by atoms with van der Waals surface area (Å²) in [5.74, 6) is 0.669. The van der Waals surface area contributed by atoms with Gasteiger partial charge < -0.3 is 4.42 Å². The predicted octanol–water partition coefficient (Wildman–Crippen LogP) is 4.50. The van der Waals surface area contributed by atoms with E-state index >= 15 is 0 Å². The quantitative estimate of drug-likeness (QED) is 0.497. The molecule has 0 bridgehead atoms. The van der Waals surface area contributed by atoms with Gasteiger partial charge in [-0.1, -0.05) is 54.6 Å². The molecule has 0 fully saturated rings. The van der Waals surface area contributed by atoms with Gasteiger partial charge in [-0.15, -0.1) is 10.2 Å². The highest BCUT2D eigenvalue weighted by molar-refractivity contribution is 7.89. The molecule has 1 aromatic heterocycles. The Kier molecular flexibility index (Phi) is 5.48. The van der Waals surface area contributed by atoms with Crippen molar-refractivity contribution in [1.29, 1.82) is 0 Å². The van der Waals surface area contributed by atoms with Gasteiger partial charge in [0.2, 0.25) is 21.8 Å². The number of aryl methyl sites for hydroxylation is 2. The van der Waals surface area contributed by atoms with Crippen molar-refractivity contribution in [2.75, 3.05) is 0 Å². The number of nitrogens with one attached hydrogen (secondary N) is 1. The fourth-order valence-corrected chi connectivity index (χ4v) is 4.42. The summed E-state index contributed by atoms with van der Waals surface area (Å²) in [5.41, 5.74) is 3.94. The number of sulfonamides is 1. The standard InChI is InChI=1S/C23H21N3O3S/c1-16-8-6-7-11-20(16)23-26-25-22(29-23)19-13-12-17(2)21(14-19)30(27,28)24-15-18-9-4-3-5-10-18/h3-14,24H,15H2,1-2H3. The lowest BCUT2D eigenvalue weighted by Crippen LogP contribution is -2.24. The van der Waals surface area contributed by atoms with Gasteiger partial charge in [-0.2, -0.15) is 0 Å². The maximum atomic E-state index is 12.9. The molecule has 0 unspecified atom stereocenters. The summed E-state index contributed by atoms with van der Waals surface area (Å²) < 4.78 is 34.3. The van der Waals surface area contributed by atoms with Gasteiger partial charge in [0.25, 0.3) is 0 Å². The smallest absolute Gasteiger partial charge is 0.248 e. The van der Waals surface area contributed by atoms with E-state index < -0.39 is 10.0 Å². The highest BCUT2D eigenvalue weighted by Gasteiger charge is 2.20. The van der Waals surface area contributed by atoms with Crippen LogP contribution in [0.25, 0.3) is 22.9 Å². The van der Waals surface area contributed by atoms with Gasteiger partial charge in [-0.3, -0.25) is 0 Å². The van der Waals surface area contributed by atoms with Gasteiger partial charge in [-0.05, 0) is 48.7 Å². The van der Waals surface area contributed by atoms with Crippen molar-refractivity contribution in [3.63, 3.8) is 0 Å². The zero-order chi connectivity index (χ0) is 21.1. The molecule has 0 saturated carbocycles. The maximum absolute atomic E-state index is 12.9. The van der Waals surface area contributed by atoms with E-state index in [1.807, 2.05) is 61.5 Å². The third-order valence-corrected chi connectivity index (χ3v) is 6.38. The molecule has 0 spiro atoms. The zero-order valence-corrected chi connectivity index (χ0v) is 17.5. The second kappa shape index (κ2) is 8.22. The number of hydrogen-bond acceptors (Lipinski definition) is 5. The number of benzene rings is 3. The van der Waals surface area contributed by atoms with Crippen LogP contribution in [0.3, 0.4) is 0 Å². The molecule has 0 atom stereocenters. The Morgan fingerprint density at radius 2 is 1.53 bits per heavy atom. The number of aromatic nitrogens is 2. The molecule has 0 amide bonds. The van der Waals surface area contributed by atoms with Crippen LogP contribution in [0.1, 0.15) is 16.7 Å². The molecule has 0 radical (unpaired) electrons. The Labute approximate surface area is 175 Å². The lowest BCUT2D eigenvalue weighted by atomic mass is 10.1. The molecular formula is C23H21N3O3S. The number of hydrogen-bond donors (Lipinski definition) is 1. The molecule has 4 aromatic rings. The van der Waals surface area contributed by atoms with Gasteiger partial charge in [-0.25, -0.2) is 13.1 Å². The summed E-state index contributed by atoms with van der Waals surface area (Å²) in [6.45, 7) is 3.94. The normalized spacial score (nSPS) is 11.5. The third-order valence-electron chi connectivity index (χ3n) is 4.83. The largest absolute Gasteiger partial charge is 0.416 e. The summed E-state index contributed by atoms with van der Waals surface area (Å²) in [5, 5.41) is 8.25. The van der Waals surface area contributed by atoms with Crippen molar-refractivity contribution >= 4 is 10.0 Å². The lowest BCUT2D eigenvalue weighted by molar-refractivity contribution is 0.579. The monoisotopic (exact) mass is 419 g/mol. The van der Waals surface area contributed by atoms with Crippen LogP contribution >= 0.6 is 0 Å². The van der Waals surface area contributed by atoms with Gasteiger partial charge in [0.1, 0.15) is 0 Å². The fraction of sp³-hybridized carbons (Fsp3) is 0.130. The van der Waals surface area contributed by atoms with Crippen LogP contribution in [0.5, 0.6) is 0 Å². The predicted molar refractivity (Wildman–Crippen MR) is 115 cm³/mol. The first kappa shape index (κ1) is 20.0. The van der Waals surface area contributed by atoms with Crippen LogP contribution in [0.2, 0.25) is 0 Å². The Balaban J connectivity index is 1.63. The van der Waals surface area contributed by atoms with Crippen molar-refractivity contribution in [3.05, 3.63) is 89.5 Å². The Morgan fingerprint density at radius 1 is 0.833 bits per heavy atom. The van der Waals surface area contributed by atoms with E-state index in [0.717, 1.165) is 16.7 Å². The first-order valence-electron chi connectivity index (χ1n) is 9.48. The van der Waals surface area contributed by atoms with Crippen molar-refractivity contribution in [2.45, 2.75) is 25.3 Å². The van der Waals surface area contributed by atoms with Crippen LogP contribution in [-0.4, -0.2) is 18.6 Å². The molecule has 0 saturated heterocycles. The van der Waals surface area contributed by atoms with Gasteiger partial charge in [0, 0.05) is 17.7 Å². The van der Waals surface area contributed by atoms with Gasteiger partial charge in [0.15, 0.2) is 0 Å². The lowest BCUT2D eigenvalue weighted by Gasteiger charge is -2.10. The van der Waals surface area contributed by atoms with Crippen molar-refractivity contribution in [3.8, 4) is 22.9 Å². The molecule has 6 nitrogen and oxygen atoms in total. The third kappa shape index (κ3) is 4.17. The first-order chi connectivity index (χ1) is 14.4. The average Bonchev–Trinajstić information content (AvgIpc) is 3.24. The molecule has 4 rings (SSSR count).